The summed E-state index contributed by atoms with van der Waals surface area (Å²) in [7, 11) is 0. The lowest BCUT2D eigenvalue weighted by Crippen LogP contribution is -2.46. The molecule has 8 rings (SSSR count). The van der Waals surface area contributed by atoms with Crippen LogP contribution in [0.25, 0.3) is 44.5 Å². The van der Waals surface area contributed by atoms with Gasteiger partial charge < -0.3 is 5.32 Å². The van der Waals surface area contributed by atoms with Crippen molar-refractivity contribution in [2.45, 2.75) is 12.6 Å². The molecule has 1 atom stereocenters. The molecule has 1 aliphatic rings. The maximum atomic E-state index is 5.20. The quantitative estimate of drug-likeness (QED) is 0.187. The zero-order chi connectivity index (χ0) is 33.0. The minimum absolute atomic E-state index is 0.699. The Morgan fingerprint density at radius 3 is 1.10 bits per heavy atom. The predicted molar refractivity (Wildman–Crippen MR) is 205 cm³/mol. The summed E-state index contributed by atoms with van der Waals surface area (Å²) in [6.07, 6.45) is 0. The highest BCUT2D eigenvalue weighted by molar-refractivity contribution is 6.14. The summed E-state index contributed by atoms with van der Waals surface area (Å²) in [5.74, 6) is 1.48. The molecule has 3 nitrogen and oxygen atoms in total. The molecule has 7 aromatic rings. The second-order valence-electron chi connectivity index (χ2n) is 12.5. The van der Waals surface area contributed by atoms with E-state index in [-0.39, 0.29) is 0 Å². The number of rotatable bonds is 7. The first-order valence-electron chi connectivity index (χ1n) is 16.7. The van der Waals surface area contributed by atoms with Gasteiger partial charge in [0.15, 0.2) is 11.5 Å². The highest BCUT2D eigenvalue weighted by Crippen LogP contribution is 2.36. The first kappa shape index (κ1) is 30.0. The third kappa shape index (κ3) is 6.35. The van der Waals surface area contributed by atoms with E-state index in [1.807, 2.05) is 24.3 Å². The Morgan fingerprint density at radius 2 is 0.694 bits per heavy atom. The molecule has 0 fully saturated rings. The molecule has 1 N–H and O–H groups in total. The van der Waals surface area contributed by atoms with Crippen molar-refractivity contribution in [3.8, 4) is 44.5 Å². The number of benzene rings is 7. The third-order valence-corrected chi connectivity index (χ3v) is 9.07. The molecule has 0 aromatic heterocycles. The molecular formula is C46H35N3. The van der Waals surface area contributed by atoms with Crippen LogP contribution in [0, 0.1) is 0 Å². The molecule has 1 heterocycles. The van der Waals surface area contributed by atoms with Crippen molar-refractivity contribution in [3.05, 3.63) is 205 Å². The normalized spacial score (nSPS) is 15.5. The van der Waals surface area contributed by atoms with Gasteiger partial charge in [-0.15, -0.1) is 0 Å². The molecule has 0 amide bonds. The zero-order valence-electron chi connectivity index (χ0n) is 27.3. The summed E-state index contributed by atoms with van der Waals surface area (Å²) < 4.78 is 0. The van der Waals surface area contributed by atoms with Gasteiger partial charge in [0.1, 0.15) is 5.84 Å². The molecule has 0 saturated heterocycles. The lowest BCUT2D eigenvalue weighted by Gasteiger charge is -2.33. The topological polar surface area (TPSA) is 36.8 Å². The van der Waals surface area contributed by atoms with Gasteiger partial charge in [-0.1, -0.05) is 152 Å². The molecular weight excluding hydrogens is 595 g/mol. The zero-order valence-corrected chi connectivity index (χ0v) is 27.3. The molecule has 0 radical (unpaired) electrons. The SMILES string of the molecule is CC1(c2ccccc2)N=C(c2ccccc2)N=C(c2cc(-c3ccccc3)cc(-c3cc(-c4ccccc4)cc(-c4ccccc4)c3)c2)N1. The van der Waals surface area contributed by atoms with Gasteiger partial charge in [0, 0.05) is 11.1 Å². The standard InChI is InChI=1S/C46H35N3/c1-46(43-25-15-6-16-26-43)48-44(36-23-13-5-14-24-36)47-45(49-46)42-31-39(35-21-11-4-12-22-35)30-41(32-42)40-28-37(33-17-7-2-8-18-33)27-38(29-40)34-19-9-3-10-20-34/h2-32H,1H3,(H,47,48,49). The van der Waals surface area contributed by atoms with Crippen molar-refractivity contribution in [1.29, 1.82) is 0 Å². The van der Waals surface area contributed by atoms with Crippen molar-refractivity contribution >= 4 is 11.7 Å². The van der Waals surface area contributed by atoms with Crippen molar-refractivity contribution < 1.29 is 0 Å². The minimum atomic E-state index is -0.722. The third-order valence-electron chi connectivity index (χ3n) is 9.07. The van der Waals surface area contributed by atoms with E-state index in [0.29, 0.717) is 5.84 Å². The van der Waals surface area contributed by atoms with Crippen LogP contribution in [-0.4, -0.2) is 11.7 Å². The summed E-state index contributed by atoms with van der Waals surface area (Å²) in [5, 5.41) is 3.76. The lowest BCUT2D eigenvalue weighted by molar-refractivity contribution is 0.455. The predicted octanol–water partition coefficient (Wildman–Crippen LogP) is 11.0. The fourth-order valence-corrected chi connectivity index (χ4v) is 6.50. The Kier molecular flexibility index (Phi) is 8.01. The van der Waals surface area contributed by atoms with Crippen LogP contribution in [0.3, 0.4) is 0 Å². The van der Waals surface area contributed by atoms with Crippen LogP contribution in [-0.2, 0) is 5.66 Å². The number of hydrogen-bond acceptors (Lipinski definition) is 3. The van der Waals surface area contributed by atoms with Gasteiger partial charge in [-0.25, -0.2) is 9.98 Å². The molecule has 1 aliphatic heterocycles. The lowest BCUT2D eigenvalue weighted by atomic mass is 9.90. The van der Waals surface area contributed by atoms with E-state index in [0.717, 1.165) is 44.8 Å². The number of amidine groups is 2. The fraction of sp³-hybridized carbons (Fsp3) is 0.0435. The molecule has 3 heteroatoms. The number of hydrogen-bond donors (Lipinski definition) is 1. The molecule has 1 unspecified atom stereocenters. The molecule has 234 valence electrons. The Bertz CT molecular complexity index is 2220. The van der Waals surface area contributed by atoms with Crippen LogP contribution in [0.1, 0.15) is 23.6 Å². The van der Waals surface area contributed by atoms with Gasteiger partial charge in [-0.05, 0) is 93.4 Å². The van der Waals surface area contributed by atoms with E-state index in [4.69, 9.17) is 9.98 Å². The Labute approximate surface area is 288 Å². The summed E-state index contributed by atoms with van der Waals surface area (Å²) in [6.45, 7) is 2.12. The average Bonchev–Trinajstić information content (AvgIpc) is 3.19. The molecule has 49 heavy (non-hydrogen) atoms. The number of nitrogens with one attached hydrogen (secondary N) is 1. The van der Waals surface area contributed by atoms with E-state index < -0.39 is 5.66 Å². The van der Waals surface area contributed by atoms with Crippen LogP contribution >= 0.6 is 0 Å². The molecule has 0 spiro atoms. The monoisotopic (exact) mass is 629 g/mol. The maximum Gasteiger partial charge on any atom is 0.159 e. The summed E-state index contributed by atoms with van der Waals surface area (Å²) >= 11 is 0. The van der Waals surface area contributed by atoms with Gasteiger partial charge in [0.05, 0.1) is 0 Å². The van der Waals surface area contributed by atoms with Crippen LogP contribution in [0.5, 0.6) is 0 Å². The van der Waals surface area contributed by atoms with E-state index in [1.165, 1.54) is 22.3 Å². The summed E-state index contributed by atoms with van der Waals surface area (Å²) in [4.78, 5) is 10.4. The molecule has 0 bridgehead atoms. The number of aliphatic imine (C=N–C) groups is 2. The van der Waals surface area contributed by atoms with Crippen LogP contribution in [0.4, 0.5) is 0 Å². The highest BCUT2D eigenvalue weighted by Gasteiger charge is 2.32. The van der Waals surface area contributed by atoms with Crippen LogP contribution in [0.2, 0.25) is 0 Å². The highest BCUT2D eigenvalue weighted by atomic mass is 15.2. The van der Waals surface area contributed by atoms with Crippen molar-refractivity contribution in [2.75, 3.05) is 0 Å². The second kappa shape index (κ2) is 13.1. The van der Waals surface area contributed by atoms with Crippen LogP contribution < -0.4 is 5.32 Å². The number of nitrogens with zero attached hydrogens (tertiary/aromatic N) is 2. The van der Waals surface area contributed by atoms with E-state index in [9.17, 15) is 0 Å². The first-order valence-corrected chi connectivity index (χ1v) is 16.7. The smallest absolute Gasteiger partial charge is 0.159 e. The molecule has 0 aliphatic carbocycles. The summed E-state index contributed by atoms with van der Waals surface area (Å²) in [5.41, 5.74) is 11.5. The van der Waals surface area contributed by atoms with E-state index >= 15 is 0 Å². The average molecular weight is 630 g/mol. The van der Waals surface area contributed by atoms with Crippen LogP contribution in [0.15, 0.2) is 198 Å². The fourth-order valence-electron chi connectivity index (χ4n) is 6.50. The van der Waals surface area contributed by atoms with Crippen molar-refractivity contribution in [1.82, 2.24) is 5.32 Å². The van der Waals surface area contributed by atoms with Crippen molar-refractivity contribution in [2.24, 2.45) is 9.98 Å². The first-order chi connectivity index (χ1) is 24.1. The van der Waals surface area contributed by atoms with Gasteiger partial charge >= 0.3 is 0 Å². The largest absolute Gasteiger partial charge is 0.342 e. The Hall–Kier alpha value is -6.32. The van der Waals surface area contributed by atoms with Gasteiger partial charge in [-0.3, -0.25) is 0 Å². The summed E-state index contributed by atoms with van der Waals surface area (Å²) in [6, 6.07) is 66.1. The van der Waals surface area contributed by atoms with Gasteiger partial charge in [-0.2, -0.15) is 0 Å². The van der Waals surface area contributed by atoms with E-state index in [1.54, 1.807) is 0 Å². The molecule has 0 saturated carbocycles. The Balaban J connectivity index is 1.33. The Morgan fingerprint density at radius 1 is 0.367 bits per heavy atom. The van der Waals surface area contributed by atoms with Gasteiger partial charge in [0.25, 0.3) is 0 Å². The van der Waals surface area contributed by atoms with Gasteiger partial charge in [0.2, 0.25) is 0 Å². The second-order valence-corrected chi connectivity index (χ2v) is 12.5. The van der Waals surface area contributed by atoms with E-state index in [2.05, 4.69) is 176 Å². The maximum absolute atomic E-state index is 5.20. The minimum Gasteiger partial charge on any atom is -0.342 e. The molecule has 7 aromatic carbocycles. The van der Waals surface area contributed by atoms with Crippen molar-refractivity contribution in [3.63, 3.8) is 0 Å².